The Balaban J connectivity index is 1.67. The summed E-state index contributed by atoms with van der Waals surface area (Å²) >= 11 is 0. The van der Waals surface area contributed by atoms with Gasteiger partial charge in [-0.2, -0.15) is 4.98 Å². The number of benzene rings is 1. The lowest BCUT2D eigenvalue weighted by atomic mass is 9.89. The Morgan fingerprint density at radius 1 is 1.50 bits per heavy atom. The first-order valence-electron chi connectivity index (χ1n) is 6.29. The number of nitrogens with two attached hydrogens (primary N) is 1. The van der Waals surface area contributed by atoms with Crippen LogP contribution < -0.4 is 11.1 Å². The molecule has 0 spiro atoms. The minimum absolute atomic E-state index is 0.377. The van der Waals surface area contributed by atoms with Gasteiger partial charge in [-0.1, -0.05) is 6.07 Å². The molecule has 0 bridgehead atoms. The standard InChI is InChI=1S/C13H17N3O2/c1-2-17-9-6-8(7-9)15-13-16-12-10(14)4-3-5-11(12)18-13/h3-5,8-9H,2,6-7,14H2,1H3,(H,15,16). The van der Waals surface area contributed by atoms with E-state index in [4.69, 9.17) is 14.9 Å². The lowest BCUT2D eigenvalue weighted by molar-refractivity contribution is 0.00260. The van der Waals surface area contributed by atoms with E-state index in [-0.39, 0.29) is 0 Å². The average molecular weight is 247 g/mol. The van der Waals surface area contributed by atoms with Crippen LogP contribution in [0.5, 0.6) is 0 Å². The summed E-state index contributed by atoms with van der Waals surface area (Å²) in [7, 11) is 0. The molecule has 2 aromatic rings. The SMILES string of the molecule is CCOC1CC(Nc2nc3c(N)cccc3o2)C1. The van der Waals surface area contributed by atoms with Crippen LogP contribution in [0.4, 0.5) is 11.7 Å². The first-order chi connectivity index (χ1) is 8.76. The highest BCUT2D eigenvalue weighted by Gasteiger charge is 2.30. The lowest BCUT2D eigenvalue weighted by Crippen LogP contribution is -2.40. The Morgan fingerprint density at radius 2 is 2.33 bits per heavy atom. The van der Waals surface area contributed by atoms with Crippen molar-refractivity contribution >= 4 is 22.8 Å². The molecule has 1 aromatic carbocycles. The monoisotopic (exact) mass is 247 g/mol. The number of rotatable bonds is 4. The molecular weight excluding hydrogens is 230 g/mol. The number of nitrogen functional groups attached to an aromatic ring is 1. The van der Waals surface area contributed by atoms with Crippen LogP contribution in [0.3, 0.4) is 0 Å². The summed E-state index contributed by atoms with van der Waals surface area (Å²) in [6, 6.07) is 6.48. The molecule has 96 valence electrons. The van der Waals surface area contributed by atoms with E-state index in [9.17, 15) is 0 Å². The van der Waals surface area contributed by atoms with E-state index < -0.39 is 0 Å². The number of anilines is 2. The molecule has 1 aromatic heterocycles. The fourth-order valence-electron chi connectivity index (χ4n) is 2.26. The summed E-state index contributed by atoms with van der Waals surface area (Å²) in [5.41, 5.74) is 7.93. The van der Waals surface area contributed by atoms with Crippen LogP contribution in [0.15, 0.2) is 22.6 Å². The van der Waals surface area contributed by atoms with Crippen molar-refractivity contribution in [2.45, 2.75) is 31.9 Å². The van der Waals surface area contributed by atoms with E-state index in [1.807, 2.05) is 25.1 Å². The second-order valence-electron chi connectivity index (χ2n) is 4.60. The third-order valence-corrected chi connectivity index (χ3v) is 3.27. The Kier molecular flexibility index (Phi) is 2.83. The molecule has 0 radical (unpaired) electrons. The summed E-state index contributed by atoms with van der Waals surface area (Å²) < 4.78 is 11.1. The van der Waals surface area contributed by atoms with E-state index in [2.05, 4.69) is 10.3 Å². The number of nitrogens with one attached hydrogen (secondary N) is 1. The number of para-hydroxylation sites is 1. The molecule has 3 rings (SSSR count). The first kappa shape index (κ1) is 11.3. The van der Waals surface area contributed by atoms with Crippen LogP contribution >= 0.6 is 0 Å². The third-order valence-electron chi connectivity index (χ3n) is 3.27. The summed E-state index contributed by atoms with van der Waals surface area (Å²) in [5, 5.41) is 3.27. The number of nitrogens with zero attached hydrogens (tertiary/aromatic N) is 1. The zero-order valence-electron chi connectivity index (χ0n) is 10.3. The number of aromatic nitrogens is 1. The van der Waals surface area contributed by atoms with Crippen LogP contribution in [0.1, 0.15) is 19.8 Å². The molecule has 0 amide bonds. The van der Waals surface area contributed by atoms with Gasteiger partial charge in [0.2, 0.25) is 0 Å². The van der Waals surface area contributed by atoms with Gasteiger partial charge in [-0.25, -0.2) is 0 Å². The van der Waals surface area contributed by atoms with Gasteiger partial charge in [0.05, 0.1) is 11.8 Å². The van der Waals surface area contributed by atoms with E-state index in [1.165, 1.54) is 0 Å². The third kappa shape index (κ3) is 2.01. The molecular formula is C13H17N3O2. The van der Waals surface area contributed by atoms with Gasteiger partial charge in [0.15, 0.2) is 5.58 Å². The van der Waals surface area contributed by atoms with Gasteiger partial charge < -0.3 is 20.2 Å². The molecule has 1 aliphatic carbocycles. The summed E-state index contributed by atoms with van der Waals surface area (Å²) in [6.45, 7) is 2.79. The number of hydrogen-bond donors (Lipinski definition) is 2. The van der Waals surface area contributed by atoms with Crippen molar-refractivity contribution in [1.29, 1.82) is 0 Å². The topological polar surface area (TPSA) is 73.3 Å². The smallest absolute Gasteiger partial charge is 0.295 e. The van der Waals surface area contributed by atoms with Crippen LogP contribution in [0, 0.1) is 0 Å². The zero-order valence-corrected chi connectivity index (χ0v) is 10.3. The molecule has 3 N–H and O–H groups in total. The molecule has 1 saturated carbocycles. The minimum Gasteiger partial charge on any atom is -0.423 e. The largest absolute Gasteiger partial charge is 0.423 e. The molecule has 5 heteroatoms. The van der Waals surface area contributed by atoms with Crippen molar-refractivity contribution in [2.75, 3.05) is 17.7 Å². The van der Waals surface area contributed by atoms with E-state index in [0.717, 1.165) is 30.5 Å². The molecule has 1 heterocycles. The van der Waals surface area contributed by atoms with Gasteiger partial charge in [-0.3, -0.25) is 0 Å². The second-order valence-corrected chi connectivity index (χ2v) is 4.60. The maximum absolute atomic E-state index is 5.84. The Morgan fingerprint density at radius 3 is 3.06 bits per heavy atom. The van der Waals surface area contributed by atoms with Crippen LogP contribution in [0.2, 0.25) is 0 Å². The maximum Gasteiger partial charge on any atom is 0.295 e. The van der Waals surface area contributed by atoms with Gasteiger partial charge in [0.1, 0.15) is 5.52 Å². The van der Waals surface area contributed by atoms with Crippen LogP contribution in [-0.4, -0.2) is 23.7 Å². The Labute approximate surface area is 105 Å². The normalized spacial score (nSPS) is 22.9. The summed E-state index contributed by atoms with van der Waals surface area (Å²) in [5.74, 6) is 0. The Bertz CT molecular complexity index is 546. The van der Waals surface area contributed by atoms with E-state index >= 15 is 0 Å². The van der Waals surface area contributed by atoms with Gasteiger partial charge >= 0.3 is 0 Å². The second kappa shape index (κ2) is 4.49. The molecule has 5 nitrogen and oxygen atoms in total. The summed E-state index contributed by atoms with van der Waals surface area (Å²) in [4.78, 5) is 4.36. The first-order valence-corrected chi connectivity index (χ1v) is 6.29. The fraction of sp³-hybridized carbons (Fsp3) is 0.462. The quantitative estimate of drug-likeness (QED) is 0.811. The van der Waals surface area contributed by atoms with Crippen molar-refractivity contribution in [2.24, 2.45) is 0 Å². The molecule has 1 fully saturated rings. The van der Waals surface area contributed by atoms with Crippen LogP contribution in [0.25, 0.3) is 11.1 Å². The van der Waals surface area contributed by atoms with E-state index in [0.29, 0.717) is 23.8 Å². The molecule has 0 atom stereocenters. The van der Waals surface area contributed by atoms with Crippen molar-refractivity contribution in [3.05, 3.63) is 18.2 Å². The molecule has 1 aliphatic rings. The van der Waals surface area contributed by atoms with Crippen molar-refractivity contribution < 1.29 is 9.15 Å². The highest BCUT2D eigenvalue weighted by molar-refractivity contribution is 5.86. The maximum atomic E-state index is 5.84. The van der Waals surface area contributed by atoms with Gasteiger partial charge in [-0.15, -0.1) is 0 Å². The molecule has 0 saturated heterocycles. The number of ether oxygens (including phenoxy) is 1. The number of fused-ring (bicyclic) bond motifs is 1. The number of hydrogen-bond acceptors (Lipinski definition) is 5. The predicted octanol–water partition coefficient (Wildman–Crippen LogP) is 2.39. The molecule has 18 heavy (non-hydrogen) atoms. The van der Waals surface area contributed by atoms with Crippen molar-refractivity contribution in [3.8, 4) is 0 Å². The van der Waals surface area contributed by atoms with Crippen LogP contribution in [-0.2, 0) is 4.74 Å². The minimum atomic E-state index is 0.377. The van der Waals surface area contributed by atoms with Gasteiger partial charge in [-0.05, 0) is 31.9 Å². The highest BCUT2D eigenvalue weighted by Crippen LogP contribution is 2.29. The van der Waals surface area contributed by atoms with Gasteiger partial charge in [0, 0.05) is 12.6 Å². The Hall–Kier alpha value is -1.75. The predicted molar refractivity (Wildman–Crippen MR) is 70.5 cm³/mol. The lowest BCUT2D eigenvalue weighted by Gasteiger charge is -2.34. The number of oxazole rings is 1. The summed E-state index contributed by atoms with van der Waals surface area (Å²) in [6.07, 6.45) is 2.38. The zero-order chi connectivity index (χ0) is 12.5. The average Bonchev–Trinajstić information content (AvgIpc) is 2.71. The van der Waals surface area contributed by atoms with Gasteiger partial charge in [0.25, 0.3) is 6.01 Å². The van der Waals surface area contributed by atoms with Crippen molar-refractivity contribution in [3.63, 3.8) is 0 Å². The van der Waals surface area contributed by atoms with Crippen molar-refractivity contribution in [1.82, 2.24) is 4.98 Å². The highest BCUT2D eigenvalue weighted by atomic mass is 16.5. The molecule has 0 unspecified atom stereocenters. The molecule has 0 aliphatic heterocycles. The van der Waals surface area contributed by atoms with E-state index in [1.54, 1.807) is 0 Å². The fourth-order valence-corrected chi connectivity index (χ4v) is 2.26.